The van der Waals surface area contributed by atoms with Crippen molar-refractivity contribution >= 4 is 30.0 Å². The summed E-state index contributed by atoms with van der Waals surface area (Å²) in [5, 5.41) is 16.6. The summed E-state index contributed by atoms with van der Waals surface area (Å²) in [6, 6.07) is 3.02. The highest BCUT2D eigenvalue weighted by atomic mass is 19.4. The minimum Gasteiger partial charge on any atom is -0.480 e. The van der Waals surface area contributed by atoms with Gasteiger partial charge in [-0.15, -0.1) is 0 Å². The molecule has 1 aromatic rings. The first-order valence-corrected chi connectivity index (χ1v) is 13.0. The molecule has 0 aliphatic heterocycles. The van der Waals surface area contributed by atoms with E-state index in [1.807, 2.05) is 0 Å². The monoisotopic (exact) mass is 607 g/mol. The molecule has 1 aromatic carbocycles. The zero-order chi connectivity index (χ0) is 31.2. The van der Waals surface area contributed by atoms with Crippen LogP contribution in [-0.4, -0.2) is 107 Å². The van der Waals surface area contributed by atoms with E-state index in [-0.39, 0.29) is 83.6 Å². The molecule has 0 fully saturated rings. The molecule has 42 heavy (non-hydrogen) atoms. The number of hydrogen-bond donors (Lipinski definition) is 4. The summed E-state index contributed by atoms with van der Waals surface area (Å²) >= 11 is 0. The van der Waals surface area contributed by atoms with Gasteiger partial charge in [-0.25, -0.2) is 4.79 Å². The Hall–Kier alpha value is -3.60. The molecular formula is C26H36F3N3O10. The number of carbonyl (C=O) groups excluding carboxylic acids is 4. The van der Waals surface area contributed by atoms with Crippen LogP contribution < -0.4 is 16.0 Å². The fourth-order valence-electron chi connectivity index (χ4n) is 3.30. The van der Waals surface area contributed by atoms with E-state index in [0.29, 0.717) is 12.9 Å². The molecule has 16 heteroatoms. The highest BCUT2D eigenvalue weighted by Gasteiger charge is 2.33. The molecule has 0 saturated heterocycles. The first-order chi connectivity index (χ1) is 20.0. The van der Waals surface area contributed by atoms with E-state index in [2.05, 4.69) is 16.0 Å². The third kappa shape index (κ3) is 17.3. The molecule has 13 nitrogen and oxygen atoms in total. The Kier molecular flexibility index (Phi) is 18.3. The van der Waals surface area contributed by atoms with Crippen molar-refractivity contribution in [2.75, 3.05) is 65.9 Å². The van der Waals surface area contributed by atoms with Gasteiger partial charge >= 0.3 is 12.1 Å². The van der Waals surface area contributed by atoms with Crippen molar-refractivity contribution in [1.82, 2.24) is 16.0 Å². The van der Waals surface area contributed by atoms with Crippen LogP contribution in [0.1, 0.15) is 24.0 Å². The number of halogens is 3. The number of benzene rings is 1. The van der Waals surface area contributed by atoms with Gasteiger partial charge in [-0.05, 0) is 18.1 Å². The zero-order valence-corrected chi connectivity index (χ0v) is 22.9. The molecule has 1 rings (SSSR count). The lowest BCUT2D eigenvalue weighted by Gasteiger charge is -2.16. The Balaban J connectivity index is 2.14. The van der Waals surface area contributed by atoms with E-state index in [9.17, 15) is 42.3 Å². The number of hydrogen-bond acceptors (Lipinski definition) is 9. The lowest BCUT2D eigenvalue weighted by molar-refractivity contribution is -0.142. The van der Waals surface area contributed by atoms with Crippen LogP contribution in [0.4, 0.5) is 13.2 Å². The number of carbonyl (C=O) groups is 5. The molecule has 0 radical (unpaired) electrons. The van der Waals surface area contributed by atoms with Gasteiger partial charge in [0, 0.05) is 19.5 Å². The van der Waals surface area contributed by atoms with Gasteiger partial charge in [-0.2, -0.15) is 13.2 Å². The number of alkyl halides is 3. The van der Waals surface area contributed by atoms with Crippen LogP contribution >= 0.6 is 0 Å². The van der Waals surface area contributed by atoms with Gasteiger partial charge in [-0.1, -0.05) is 18.2 Å². The second-order valence-electron chi connectivity index (χ2n) is 8.55. The van der Waals surface area contributed by atoms with Crippen LogP contribution in [0.2, 0.25) is 0 Å². The van der Waals surface area contributed by atoms with Gasteiger partial charge in [0.05, 0.1) is 51.6 Å². The van der Waals surface area contributed by atoms with Crippen LogP contribution in [0, 0.1) is 0 Å². The maximum Gasteiger partial charge on any atom is 0.416 e. The maximum atomic E-state index is 13.1. The molecule has 0 aliphatic rings. The van der Waals surface area contributed by atoms with Gasteiger partial charge in [0.15, 0.2) is 0 Å². The van der Waals surface area contributed by atoms with Crippen molar-refractivity contribution in [3.63, 3.8) is 0 Å². The normalized spacial score (nSPS) is 11.9. The number of aldehydes is 1. The van der Waals surface area contributed by atoms with Crippen LogP contribution in [-0.2, 0) is 55.5 Å². The Morgan fingerprint density at radius 1 is 0.833 bits per heavy atom. The van der Waals surface area contributed by atoms with Crippen molar-refractivity contribution in [2.45, 2.75) is 31.5 Å². The van der Waals surface area contributed by atoms with E-state index in [1.165, 1.54) is 12.1 Å². The lowest BCUT2D eigenvalue weighted by Crippen LogP contribution is -2.42. The molecule has 0 aliphatic carbocycles. The van der Waals surface area contributed by atoms with Gasteiger partial charge in [-0.3, -0.25) is 14.4 Å². The SMILES string of the molecule is O=CCOCCOCCNC(=O)COCCOCCNC(=O)CC[C@H](NC(=O)Cc1ccccc1C(F)(F)F)C(=O)O. The summed E-state index contributed by atoms with van der Waals surface area (Å²) < 4.78 is 59.9. The smallest absolute Gasteiger partial charge is 0.416 e. The molecule has 0 unspecified atom stereocenters. The van der Waals surface area contributed by atoms with Gasteiger partial charge < -0.3 is 44.8 Å². The Morgan fingerprint density at radius 2 is 1.43 bits per heavy atom. The number of carboxylic acids is 1. The summed E-state index contributed by atoms with van der Waals surface area (Å²) in [5.41, 5.74) is -1.28. The number of rotatable bonds is 23. The topological polar surface area (TPSA) is 179 Å². The lowest BCUT2D eigenvalue weighted by atomic mass is 10.0. The number of carboxylic acid groups (broad SMARTS) is 1. The van der Waals surface area contributed by atoms with E-state index in [1.54, 1.807) is 0 Å². The second kappa shape index (κ2) is 21.2. The minimum atomic E-state index is -4.67. The van der Waals surface area contributed by atoms with E-state index in [4.69, 9.17) is 18.9 Å². The first-order valence-electron chi connectivity index (χ1n) is 13.0. The predicted octanol–water partition coefficient (Wildman–Crippen LogP) is 0.0952. The molecular weight excluding hydrogens is 571 g/mol. The van der Waals surface area contributed by atoms with Crippen molar-refractivity contribution in [2.24, 2.45) is 0 Å². The van der Waals surface area contributed by atoms with Gasteiger partial charge in [0.25, 0.3) is 0 Å². The average Bonchev–Trinajstić information content (AvgIpc) is 2.93. The molecule has 0 saturated carbocycles. The fourth-order valence-corrected chi connectivity index (χ4v) is 3.30. The minimum absolute atomic E-state index is 0.00667. The van der Waals surface area contributed by atoms with Crippen LogP contribution in [0.3, 0.4) is 0 Å². The standard InChI is InChI=1S/C26H36F3N3O10/c27-26(28,29)20-4-2-1-3-19(20)17-23(35)32-21(25(37)38)5-6-22(34)30-7-10-40-15-16-42-18-24(36)31-8-11-39-13-14-41-12-9-33/h1-4,9,21H,5-8,10-18H2,(H,30,34)(H,31,36)(H,32,35)(H,37,38)/t21-/m0/s1. The molecule has 3 amide bonds. The summed E-state index contributed by atoms with van der Waals surface area (Å²) in [7, 11) is 0. The number of amides is 3. The molecule has 0 aromatic heterocycles. The van der Waals surface area contributed by atoms with Crippen molar-refractivity contribution in [3.05, 3.63) is 35.4 Å². The van der Waals surface area contributed by atoms with Crippen molar-refractivity contribution in [1.29, 1.82) is 0 Å². The van der Waals surface area contributed by atoms with E-state index < -0.39 is 42.0 Å². The summed E-state index contributed by atoms with van der Waals surface area (Å²) in [6.07, 6.45) is -5.23. The predicted molar refractivity (Wildman–Crippen MR) is 139 cm³/mol. The number of ether oxygens (including phenoxy) is 4. The summed E-state index contributed by atoms with van der Waals surface area (Å²) in [4.78, 5) is 57.4. The Labute approximate surface area is 240 Å². The van der Waals surface area contributed by atoms with Gasteiger partial charge in [0.1, 0.15) is 25.5 Å². The van der Waals surface area contributed by atoms with Gasteiger partial charge in [0.2, 0.25) is 17.7 Å². The van der Waals surface area contributed by atoms with E-state index >= 15 is 0 Å². The molecule has 0 spiro atoms. The van der Waals surface area contributed by atoms with Crippen molar-refractivity contribution in [3.8, 4) is 0 Å². The summed E-state index contributed by atoms with van der Waals surface area (Å²) in [6.45, 7) is 1.46. The molecule has 0 heterocycles. The van der Waals surface area contributed by atoms with E-state index in [0.717, 1.165) is 12.1 Å². The fraction of sp³-hybridized carbons (Fsp3) is 0.577. The summed E-state index contributed by atoms with van der Waals surface area (Å²) in [5.74, 6) is -3.20. The first kappa shape index (κ1) is 36.4. The van der Waals surface area contributed by atoms with Crippen molar-refractivity contribution < 1.29 is 61.2 Å². The highest BCUT2D eigenvalue weighted by molar-refractivity contribution is 5.85. The highest BCUT2D eigenvalue weighted by Crippen LogP contribution is 2.32. The molecule has 0 bridgehead atoms. The largest absolute Gasteiger partial charge is 0.480 e. The third-order valence-electron chi connectivity index (χ3n) is 5.27. The Morgan fingerprint density at radius 3 is 2.05 bits per heavy atom. The number of aliphatic carboxylic acids is 1. The Bertz CT molecular complexity index is 995. The quantitative estimate of drug-likeness (QED) is 0.0985. The third-order valence-corrected chi connectivity index (χ3v) is 5.27. The van der Waals surface area contributed by atoms with Crippen LogP contribution in [0.5, 0.6) is 0 Å². The number of nitrogens with one attached hydrogen (secondary N) is 3. The second-order valence-corrected chi connectivity index (χ2v) is 8.55. The van der Waals surface area contributed by atoms with Crippen LogP contribution in [0.15, 0.2) is 24.3 Å². The average molecular weight is 608 g/mol. The van der Waals surface area contributed by atoms with Crippen LogP contribution in [0.25, 0.3) is 0 Å². The molecule has 236 valence electrons. The zero-order valence-electron chi connectivity index (χ0n) is 22.9. The molecule has 1 atom stereocenters. The molecule has 4 N–H and O–H groups in total. The maximum absolute atomic E-state index is 13.1.